The van der Waals surface area contributed by atoms with Crippen molar-refractivity contribution >= 4 is 18.8 Å². The Morgan fingerprint density at radius 2 is 0.857 bits per heavy atom. The smallest absolute Gasteiger partial charge is 0.374 e. The first kappa shape index (κ1) is 40.8. The van der Waals surface area contributed by atoms with Crippen molar-refractivity contribution in [3.05, 3.63) is 0 Å². The van der Waals surface area contributed by atoms with Crippen molar-refractivity contribution < 1.29 is 96.3 Å². The number of hydrogen-bond donors (Lipinski definition) is 1. The first-order chi connectivity index (χ1) is 18.4. The van der Waals surface area contributed by atoms with E-state index in [2.05, 4.69) is 0 Å². The summed E-state index contributed by atoms with van der Waals surface area (Å²) in [5, 5.41) is -7.61. The maximum absolute atomic E-state index is 14.1. The summed E-state index contributed by atoms with van der Waals surface area (Å²) in [5.74, 6) is -51.8. The summed E-state index contributed by atoms with van der Waals surface area (Å²) >= 11 is 0. The van der Waals surface area contributed by atoms with Gasteiger partial charge < -0.3 is 13.3 Å². The molecule has 0 amide bonds. The van der Waals surface area contributed by atoms with E-state index in [0.29, 0.717) is 4.72 Å². The predicted octanol–water partition coefficient (Wildman–Crippen LogP) is 6.31. The second-order valence-electron chi connectivity index (χ2n) is 7.94. The van der Waals surface area contributed by atoms with Gasteiger partial charge in [-0.25, -0.2) is 13.1 Å². The van der Waals surface area contributed by atoms with Crippen LogP contribution in [0, 0.1) is 0 Å². The average Bonchev–Trinajstić information content (AvgIpc) is 2.80. The molecule has 0 aromatic rings. The molecule has 42 heavy (non-hydrogen) atoms. The normalized spacial score (nSPS) is 15.8. The van der Waals surface area contributed by atoms with Gasteiger partial charge in [0.25, 0.3) is 10.0 Å². The van der Waals surface area contributed by atoms with Crippen molar-refractivity contribution in [1.29, 1.82) is 0 Å². The second kappa shape index (κ2) is 12.7. The van der Waals surface area contributed by atoms with E-state index in [1.807, 2.05) is 0 Å². The molecule has 0 saturated heterocycles. The molecule has 0 spiro atoms. The highest BCUT2D eigenvalue weighted by Crippen LogP contribution is 2.64. The molecule has 0 radical (unpaired) electrons. The molecule has 0 unspecified atom stereocenters. The Bertz CT molecular complexity index is 989. The summed E-state index contributed by atoms with van der Waals surface area (Å²) < 4.78 is 267. The maximum Gasteiger partial charge on any atom is 0.500 e. The topological polar surface area (TPSA) is 73.9 Å². The SMILES string of the molecule is CCO[Si](CCCNS(=O)(=O)C(F)(F)C(F)(F)C(F)(F)C(F)(F)C(F)(F)C(F)(F)C(F)(F)C(F)(F)F)(OCC)OCC. The molecular formula is C17H22F17NO5SSi. The third-order valence-electron chi connectivity index (χ3n) is 5.08. The summed E-state index contributed by atoms with van der Waals surface area (Å²) in [6.45, 7) is 2.56. The third kappa shape index (κ3) is 6.58. The number of halogens is 17. The van der Waals surface area contributed by atoms with Crippen LogP contribution >= 0.6 is 0 Å². The van der Waals surface area contributed by atoms with Gasteiger partial charge in [-0.15, -0.1) is 0 Å². The molecule has 0 heterocycles. The minimum absolute atomic E-state index is 0.0931. The van der Waals surface area contributed by atoms with Crippen molar-refractivity contribution in [2.24, 2.45) is 0 Å². The van der Waals surface area contributed by atoms with Crippen molar-refractivity contribution in [2.45, 2.75) is 80.2 Å². The predicted molar refractivity (Wildman–Crippen MR) is 108 cm³/mol. The summed E-state index contributed by atoms with van der Waals surface area (Å²) in [7, 11) is -11.0. The lowest BCUT2D eigenvalue weighted by atomic mass is 9.91. The Balaban J connectivity index is 6.38. The lowest BCUT2D eigenvalue weighted by Crippen LogP contribution is -2.75. The lowest BCUT2D eigenvalue weighted by Gasteiger charge is -2.42. The Morgan fingerprint density at radius 1 is 0.548 bits per heavy atom. The van der Waals surface area contributed by atoms with Gasteiger partial charge in [-0.3, -0.25) is 0 Å². The molecule has 25 heteroatoms. The van der Waals surface area contributed by atoms with Crippen LogP contribution in [0.2, 0.25) is 6.04 Å². The third-order valence-corrected chi connectivity index (χ3v) is 9.74. The molecule has 254 valence electrons. The van der Waals surface area contributed by atoms with E-state index in [1.165, 1.54) is 20.8 Å². The van der Waals surface area contributed by atoms with Crippen molar-refractivity contribution in [3.8, 4) is 0 Å². The Labute approximate surface area is 227 Å². The fraction of sp³-hybridized carbons (Fsp3) is 1.00. The van der Waals surface area contributed by atoms with Gasteiger partial charge in [-0.1, -0.05) is 0 Å². The maximum atomic E-state index is 14.1. The summed E-state index contributed by atoms with van der Waals surface area (Å²) in [5.41, 5.74) is 0. The quantitative estimate of drug-likeness (QED) is 0.103. The van der Waals surface area contributed by atoms with Crippen LogP contribution in [-0.4, -0.2) is 90.6 Å². The number of alkyl halides is 17. The van der Waals surface area contributed by atoms with Crippen molar-refractivity contribution in [1.82, 2.24) is 4.72 Å². The minimum Gasteiger partial charge on any atom is -0.374 e. The second-order valence-corrected chi connectivity index (χ2v) is 12.5. The van der Waals surface area contributed by atoms with Crippen LogP contribution in [0.3, 0.4) is 0 Å². The van der Waals surface area contributed by atoms with Gasteiger partial charge in [0.1, 0.15) is 0 Å². The minimum atomic E-state index is -8.88. The highest BCUT2D eigenvalue weighted by molar-refractivity contribution is 7.90. The molecule has 0 atom stereocenters. The van der Waals surface area contributed by atoms with Gasteiger partial charge in [-0.05, 0) is 27.2 Å². The van der Waals surface area contributed by atoms with Crippen molar-refractivity contribution in [3.63, 3.8) is 0 Å². The zero-order chi connectivity index (χ0) is 34.1. The number of hydrogen-bond acceptors (Lipinski definition) is 5. The van der Waals surface area contributed by atoms with E-state index in [4.69, 9.17) is 13.3 Å². The summed E-state index contributed by atoms with van der Waals surface area (Å²) in [4.78, 5) is 0. The van der Waals surface area contributed by atoms with E-state index in [9.17, 15) is 83.1 Å². The molecule has 6 nitrogen and oxygen atoms in total. The monoisotopic (exact) mass is 703 g/mol. The first-order valence-corrected chi connectivity index (χ1v) is 14.4. The fourth-order valence-corrected chi connectivity index (χ4v) is 6.59. The highest BCUT2D eigenvalue weighted by atomic mass is 32.2. The van der Waals surface area contributed by atoms with Gasteiger partial charge >= 0.3 is 55.8 Å². The van der Waals surface area contributed by atoms with E-state index >= 15 is 0 Å². The molecule has 0 aliphatic heterocycles. The lowest BCUT2D eigenvalue weighted by molar-refractivity contribution is -0.458. The van der Waals surface area contributed by atoms with Crippen LogP contribution in [0.4, 0.5) is 74.6 Å². The molecule has 0 saturated carbocycles. The van der Waals surface area contributed by atoms with Gasteiger partial charge in [-0.2, -0.15) is 74.6 Å². The standard InChI is InChI=1S/C17H22F17NO5SSi/c1-4-38-42(39-5-2,40-6-3)9-7-8-35-41(36,37)17(33,34)15(28,29)13(24,25)11(20,21)10(18,19)12(22,23)14(26,27)16(30,31)32/h35H,4-9H2,1-3H3. The van der Waals surface area contributed by atoms with E-state index in [1.54, 1.807) is 0 Å². The van der Waals surface area contributed by atoms with Crippen LogP contribution in [-0.2, 0) is 23.3 Å². The molecule has 0 aromatic heterocycles. The largest absolute Gasteiger partial charge is 0.500 e. The molecule has 0 aromatic carbocycles. The highest BCUT2D eigenvalue weighted by Gasteiger charge is 2.96. The van der Waals surface area contributed by atoms with Crippen LogP contribution in [0.15, 0.2) is 0 Å². The van der Waals surface area contributed by atoms with Crippen LogP contribution in [0.25, 0.3) is 0 Å². The molecule has 0 aliphatic carbocycles. The molecule has 0 rings (SSSR count). The van der Waals surface area contributed by atoms with E-state index in [-0.39, 0.29) is 19.8 Å². The number of sulfonamides is 1. The fourth-order valence-electron chi connectivity index (χ4n) is 2.92. The van der Waals surface area contributed by atoms with E-state index < -0.39 is 84.8 Å². The molecule has 0 fully saturated rings. The zero-order valence-corrected chi connectivity index (χ0v) is 22.9. The number of rotatable bonds is 18. The zero-order valence-electron chi connectivity index (χ0n) is 21.1. The van der Waals surface area contributed by atoms with Gasteiger partial charge in [0, 0.05) is 32.4 Å². The molecular weight excluding hydrogens is 681 g/mol. The summed E-state index contributed by atoms with van der Waals surface area (Å²) in [6, 6.07) is -0.476. The number of nitrogens with one attached hydrogen (secondary N) is 1. The Kier molecular flexibility index (Phi) is 12.3. The van der Waals surface area contributed by atoms with Gasteiger partial charge in [0.15, 0.2) is 0 Å². The van der Waals surface area contributed by atoms with Crippen molar-refractivity contribution in [2.75, 3.05) is 26.4 Å². The average molecular weight is 703 g/mol. The van der Waals surface area contributed by atoms with Crippen LogP contribution < -0.4 is 4.72 Å². The first-order valence-electron chi connectivity index (χ1n) is 11.0. The van der Waals surface area contributed by atoms with Crippen LogP contribution in [0.5, 0.6) is 0 Å². The van der Waals surface area contributed by atoms with Gasteiger partial charge in [0.05, 0.1) is 0 Å². The molecule has 0 bridgehead atoms. The Morgan fingerprint density at radius 3 is 1.17 bits per heavy atom. The molecule has 1 N–H and O–H groups in total. The van der Waals surface area contributed by atoms with E-state index in [0.717, 1.165) is 0 Å². The van der Waals surface area contributed by atoms with Gasteiger partial charge in [0.2, 0.25) is 0 Å². The molecule has 0 aliphatic rings. The Hall–Kier alpha value is -1.18. The summed E-state index contributed by atoms with van der Waals surface area (Å²) in [6.07, 6.45) is -8.63. The van der Waals surface area contributed by atoms with Crippen LogP contribution in [0.1, 0.15) is 27.2 Å².